The van der Waals surface area contributed by atoms with Crippen molar-refractivity contribution in [3.63, 3.8) is 0 Å². The van der Waals surface area contributed by atoms with Gasteiger partial charge < -0.3 is 14.6 Å². The number of nitrogens with zero attached hydrogens (tertiary/aromatic N) is 2. The number of fused-ring (bicyclic) bond motifs is 1. The fourth-order valence-corrected chi connectivity index (χ4v) is 3.43. The van der Waals surface area contributed by atoms with E-state index in [1.807, 2.05) is 24.3 Å². The summed E-state index contributed by atoms with van der Waals surface area (Å²) in [6, 6.07) is 14.3. The lowest BCUT2D eigenvalue weighted by Crippen LogP contribution is -2.01. The fourth-order valence-electron chi connectivity index (χ4n) is 3.17. The second kappa shape index (κ2) is 7.56. The Morgan fingerprint density at radius 3 is 2.48 bits per heavy atom. The summed E-state index contributed by atoms with van der Waals surface area (Å²) in [5.41, 5.74) is 2.86. The number of hydrogen-bond donors (Lipinski definition) is 2. The van der Waals surface area contributed by atoms with Crippen molar-refractivity contribution in [2.75, 3.05) is 14.2 Å². The normalized spacial score (nSPS) is 10.9. The van der Waals surface area contributed by atoms with Crippen molar-refractivity contribution in [2.24, 2.45) is 0 Å². The van der Waals surface area contributed by atoms with E-state index in [0.29, 0.717) is 39.5 Å². The Balaban J connectivity index is 1.96. The van der Waals surface area contributed by atoms with E-state index in [4.69, 9.17) is 9.47 Å². The molecular formula is C21H16BrN3O4. The number of ether oxygens (including phenoxy) is 2. The Bertz CT molecular complexity index is 1220. The summed E-state index contributed by atoms with van der Waals surface area (Å²) in [7, 11) is 3.10. The number of methoxy groups -OCH3 is 2. The molecule has 0 amide bonds. The molecule has 0 atom stereocenters. The van der Waals surface area contributed by atoms with Crippen LogP contribution in [0, 0.1) is 0 Å². The van der Waals surface area contributed by atoms with Crippen molar-refractivity contribution < 1.29 is 19.4 Å². The van der Waals surface area contributed by atoms with Crippen LogP contribution in [0.1, 0.15) is 10.4 Å². The van der Waals surface area contributed by atoms with Gasteiger partial charge in [-0.15, -0.1) is 0 Å². The lowest BCUT2D eigenvalue weighted by atomic mass is 10.0. The minimum atomic E-state index is -1.07. The number of benzene rings is 2. The lowest BCUT2D eigenvalue weighted by molar-refractivity contribution is 0.0699. The third kappa shape index (κ3) is 3.42. The SMILES string of the molecule is COc1ccc(OC)c(-c2cc(C(=O)O)c3c(-c4ccc(Br)cc4)[nH]nc3n2)c1. The molecule has 146 valence electrons. The Kier molecular flexibility index (Phi) is 4.94. The predicted octanol–water partition coefficient (Wildman–Crippen LogP) is 4.77. The van der Waals surface area contributed by atoms with Crippen LogP contribution in [0.2, 0.25) is 0 Å². The van der Waals surface area contributed by atoms with Crippen molar-refractivity contribution in [1.82, 2.24) is 15.2 Å². The highest BCUT2D eigenvalue weighted by atomic mass is 79.9. The number of hydrogen-bond acceptors (Lipinski definition) is 5. The first-order valence-corrected chi connectivity index (χ1v) is 9.42. The summed E-state index contributed by atoms with van der Waals surface area (Å²) < 4.78 is 11.6. The molecule has 0 fully saturated rings. The first-order chi connectivity index (χ1) is 14.0. The van der Waals surface area contributed by atoms with Crippen molar-refractivity contribution in [2.45, 2.75) is 0 Å². The van der Waals surface area contributed by atoms with Gasteiger partial charge in [-0.05, 0) is 36.4 Å². The standard InChI is InChI=1S/C21H16BrN3O4/c1-28-13-7-8-17(29-2)14(9-13)16-10-15(21(26)27)18-19(24-25-20(18)23-16)11-3-5-12(22)6-4-11/h3-10H,1-2H3,(H,26,27)(H,23,24,25). The number of aromatic amines is 1. The molecule has 0 aliphatic carbocycles. The summed E-state index contributed by atoms with van der Waals surface area (Å²) in [4.78, 5) is 16.7. The maximum atomic E-state index is 12.1. The maximum Gasteiger partial charge on any atom is 0.336 e. The molecule has 0 saturated carbocycles. The smallest absolute Gasteiger partial charge is 0.336 e. The van der Waals surface area contributed by atoms with Crippen LogP contribution >= 0.6 is 15.9 Å². The number of carboxylic acid groups (broad SMARTS) is 1. The third-order valence-corrected chi connectivity index (χ3v) is 5.10. The van der Waals surface area contributed by atoms with E-state index in [1.165, 1.54) is 6.07 Å². The first kappa shape index (κ1) is 18.9. The molecule has 0 aliphatic rings. The van der Waals surface area contributed by atoms with Gasteiger partial charge in [-0.3, -0.25) is 5.10 Å². The zero-order chi connectivity index (χ0) is 20.5. The van der Waals surface area contributed by atoms with E-state index in [2.05, 4.69) is 31.1 Å². The van der Waals surface area contributed by atoms with Gasteiger partial charge in [-0.2, -0.15) is 5.10 Å². The number of carboxylic acids is 1. The number of nitrogens with one attached hydrogen (secondary N) is 1. The van der Waals surface area contributed by atoms with E-state index in [1.54, 1.807) is 32.4 Å². The van der Waals surface area contributed by atoms with Crippen LogP contribution < -0.4 is 9.47 Å². The van der Waals surface area contributed by atoms with Crippen LogP contribution in [-0.2, 0) is 0 Å². The van der Waals surface area contributed by atoms with Gasteiger partial charge in [0.05, 0.1) is 36.6 Å². The molecule has 0 saturated heterocycles. The zero-order valence-corrected chi connectivity index (χ0v) is 17.1. The average Bonchev–Trinajstić information content (AvgIpc) is 3.17. The molecule has 0 unspecified atom stereocenters. The summed E-state index contributed by atoms with van der Waals surface area (Å²) in [6.07, 6.45) is 0. The van der Waals surface area contributed by atoms with Crippen molar-refractivity contribution in [3.8, 4) is 34.0 Å². The van der Waals surface area contributed by atoms with E-state index in [-0.39, 0.29) is 5.56 Å². The molecular weight excluding hydrogens is 438 g/mol. The molecule has 2 aromatic heterocycles. The van der Waals surface area contributed by atoms with Gasteiger partial charge in [0.2, 0.25) is 0 Å². The molecule has 7 nitrogen and oxygen atoms in total. The molecule has 0 bridgehead atoms. The van der Waals surface area contributed by atoms with Gasteiger partial charge >= 0.3 is 5.97 Å². The second-order valence-corrected chi connectivity index (χ2v) is 7.15. The summed E-state index contributed by atoms with van der Waals surface area (Å²) in [5.74, 6) is 0.0927. The number of aromatic nitrogens is 3. The number of carbonyl (C=O) groups is 1. The highest BCUT2D eigenvalue weighted by Crippen LogP contribution is 2.36. The van der Waals surface area contributed by atoms with Crippen LogP contribution in [0.5, 0.6) is 11.5 Å². The van der Waals surface area contributed by atoms with Crippen molar-refractivity contribution in [3.05, 3.63) is 58.6 Å². The molecule has 0 radical (unpaired) electrons. The highest BCUT2D eigenvalue weighted by Gasteiger charge is 2.21. The number of pyridine rings is 1. The topological polar surface area (TPSA) is 97.3 Å². The van der Waals surface area contributed by atoms with Crippen LogP contribution in [0.3, 0.4) is 0 Å². The van der Waals surface area contributed by atoms with E-state index in [0.717, 1.165) is 10.0 Å². The van der Waals surface area contributed by atoms with Crippen molar-refractivity contribution in [1.29, 1.82) is 0 Å². The van der Waals surface area contributed by atoms with Crippen LogP contribution in [0.15, 0.2) is 53.0 Å². The summed E-state index contributed by atoms with van der Waals surface area (Å²) >= 11 is 3.40. The van der Waals surface area contributed by atoms with Gasteiger partial charge in [-0.1, -0.05) is 28.1 Å². The van der Waals surface area contributed by atoms with Gasteiger partial charge in [0, 0.05) is 15.6 Å². The number of H-pyrrole nitrogens is 1. The Hall–Kier alpha value is -3.39. The first-order valence-electron chi connectivity index (χ1n) is 8.62. The van der Waals surface area contributed by atoms with Gasteiger partial charge in [0.15, 0.2) is 5.65 Å². The largest absolute Gasteiger partial charge is 0.497 e. The van der Waals surface area contributed by atoms with E-state index in [9.17, 15) is 9.90 Å². The van der Waals surface area contributed by atoms with Gasteiger partial charge in [0.1, 0.15) is 11.5 Å². The molecule has 2 N–H and O–H groups in total. The Morgan fingerprint density at radius 1 is 1.07 bits per heavy atom. The van der Waals surface area contributed by atoms with Gasteiger partial charge in [0.25, 0.3) is 0 Å². The molecule has 0 aliphatic heterocycles. The number of aromatic carboxylic acids is 1. The molecule has 8 heteroatoms. The third-order valence-electron chi connectivity index (χ3n) is 4.57. The summed E-state index contributed by atoms with van der Waals surface area (Å²) in [6.45, 7) is 0. The number of rotatable bonds is 5. The molecule has 2 aromatic carbocycles. The molecule has 4 aromatic rings. The predicted molar refractivity (Wildman–Crippen MR) is 113 cm³/mol. The lowest BCUT2D eigenvalue weighted by Gasteiger charge is -2.11. The maximum absolute atomic E-state index is 12.1. The highest BCUT2D eigenvalue weighted by molar-refractivity contribution is 9.10. The van der Waals surface area contributed by atoms with Crippen LogP contribution in [-0.4, -0.2) is 40.5 Å². The van der Waals surface area contributed by atoms with Crippen LogP contribution in [0.25, 0.3) is 33.5 Å². The molecule has 29 heavy (non-hydrogen) atoms. The Morgan fingerprint density at radius 2 is 1.83 bits per heavy atom. The zero-order valence-electron chi connectivity index (χ0n) is 15.6. The summed E-state index contributed by atoms with van der Waals surface area (Å²) in [5, 5.41) is 17.5. The Labute approximate surface area is 174 Å². The van der Waals surface area contributed by atoms with Crippen LogP contribution in [0.4, 0.5) is 0 Å². The van der Waals surface area contributed by atoms with E-state index >= 15 is 0 Å². The minimum absolute atomic E-state index is 0.0986. The van der Waals surface area contributed by atoms with Gasteiger partial charge in [-0.25, -0.2) is 9.78 Å². The second-order valence-electron chi connectivity index (χ2n) is 6.23. The minimum Gasteiger partial charge on any atom is -0.497 e. The number of halogens is 1. The molecule has 0 spiro atoms. The quantitative estimate of drug-likeness (QED) is 0.451. The molecule has 2 heterocycles. The van der Waals surface area contributed by atoms with E-state index < -0.39 is 5.97 Å². The molecule has 4 rings (SSSR count). The van der Waals surface area contributed by atoms with Crippen molar-refractivity contribution >= 4 is 32.9 Å². The monoisotopic (exact) mass is 453 g/mol. The average molecular weight is 454 g/mol. The fraction of sp³-hybridized carbons (Fsp3) is 0.0952.